The van der Waals surface area contributed by atoms with Crippen LogP contribution < -0.4 is 5.73 Å². The third kappa shape index (κ3) is 8.17. The Hall–Kier alpha value is -1.16. The Morgan fingerprint density at radius 2 is 2.06 bits per heavy atom. The van der Waals surface area contributed by atoms with Crippen molar-refractivity contribution >= 4 is 0 Å². The van der Waals surface area contributed by atoms with E-state index in [1.54, 1.807) is 12.2 Å². The van der Waals surface area contributed by atoms with Gasteiger partial charge in [-0.05, 0) is 32.4 Å². The molecule has 0 amide bonds. The number of allylic oxidation sites excluding steroid dienone is 3. The number of hydrogen-bond donors (Lipinski definition) is 1. The first kappa shape index (κ1) is 14.8. The van der Waals surface area contributed by atoms with Crippen LogP contribution in [0.5, 0.6) is 0 Å². The van der Waals surface area contributed by atoms with Crippen LogP contribution in [0.3, 0.4) is 0 Å². The van der Waals surface area contributed by atoms with Gasteiger partial charge in [0.15, 0.2) is 0 Å². The van der Waals surface area contributed by atoms with Gasteiger partial charge in [0, 0.05) is 6.04 Å². The zero-order chi connectivity index (χ0) is 12.6. The van der Waals surface area contributed by atoms with Gasteiger partial charge in [0.05, 0.1) is 0 Å². The average molecular weight is 231 g/mol. The third-order valence-electron chi connectivity index (χ3n) is 1.75. The minimum Gasteiger partial charge on any atom is -0.488 e. The first-order valence-corrected chi connectivity index (χ1v) is 5.12. The summed E-state index contributed by atoms with van der Waals surface area (Å²) in [6.07, 6.45) is 3.10. The van der Waals surface area contributed by atoms with E-state index in [1.807, 2.05) is 13.8 Å². The zero-order valence-corrected chi connectivity index (χ0v) is 9.75. The van der Waals surface area contributed by atoms with Crippen LogP contribution >= 0.6 is 0 Å². The summed E-state index contributed by atoms with van der Waals surface area (Å²) in [6, 6.07) is 0.0822. The van der Waals surface area contributed by atoms with Crippen LogP contribution in [0.1, 0.15) is 20.3 Å². The van der Waals surface area contributed by atoms with E-state index in [-0.39, 0.29) is 6.04 Å². The van der Waals surface area contributed by atoms with E-state index in [1.165, 1.54) is 6.08 Å². The normalized spacial score (nSPS) is 15.1. The molecule has 4 heteroatoms. The molecule has 0 aliphatic heterocycles. The number of ether oxygens (including phenoxy) is 1. The lowest BCUT2D eigenvalue weighted by Gasteiger charge is -2.06. The molecule has 2 N–H and O–H groups in total. The second kappa shape index (κ2) is 8.05. The molecule has 92 valence electrons. The summed E-state index contributed by atoms with van der Waals surface area (Å²) in [7, 11) is 0. The van der Waals surface area contributed by atoms with Crippen LogP contribution in [-0.2, 0) is 4.74 Å². The quantitative estimate of drug-likeness (QED) is 0.540. The molecule has 0 aliphatic rings. The maximum absolute atomic E-state index is 11.9. The minimum absolute atomic E-state index is 0.0822. The number of hydrogen-bond acceptors (Lipinski definition) is 2. The number of halogens is 2. The highest BCUT2D eigenvalue weighted by molar-refractivity contribution is 5.19. The van der Waals surface area contributed by atoms with E-state index in [2.05, 4.69) is 6.58 Å². The first-order valence-electron chi connectivity index (χ1n) is 5.12. The fraction of sp³-hybridized carbons (Fsp3) is 0.500. The van der Waals surface area contributed by atoms with Crippen molar-refractivity contribution in [3.63, 3.8) is 0 Å². The van der Waals surface area contributed by atoms with Crippen molar-refractivity contribution in [1.82, 2.24) is 0 Å². The highest BCUT2D eigenvalue weighted by Crippen LogP contribution is 2.07. The molecule has 0 aromatic rings. The molecule has 1 atom stereocenters. The summed E-state index contributed by atoms with van der Waals surface area (Å²) in [5, 5.41) is 0. The molecule has 0 heterocycles. The van der Waals surface area contributed by atoms with Gasteiger partial charge in [0.1, 0.15) is 12.4 Å². The third-order valence-corrected chi connectivity index (χ3v) is 1.75. The van der Waals surface area contributed by atoms with Gasteiger partial charge in [0.2, 0.25) is 0 Å². The molecule has 16 heavy (non-hydrogen) atoms. The van der Waals surface area contributed by atoms with Gasteiger partial charge in [-0.3, -0.25) is 0 Å². The predicted octanol–water partition coefficient (Wildman–Crippen LogP) is 3.02. The molecule has 0 aromatic heterocycles. The Labute approximate surface area is 95.5 Å². The molecule has 0 spiro atoms. The van der Waals surface area contributed by atoms with Crippen LogP contribution in [0.15, 0.2) is 36.1 Å². The van der Waals surface area contributed by atoms with Crippen LogP contribution in [0.2, 0.25) is 0 Å². The van der Waals surface area contributed by atoms with Crippen molar-refractivity contribution in [3.8, 4) is 0 Å². The van der Waals surface area contributed by atoms with Crippen molar-refractivity contribution in [2.75, 3.05) is 6.61 Å². The number of alkyl halides is 2. The topological polar surface area (TPSA) is 35.2 Å². The Bertz CT molecular complexity index is 270. The Morgan fingerprint density at radius 1 is 1.44 bits per heavy atom. The Kier molecular flexibility index (Phi) is 7.46. The molecule has 2 nitrogen and oxygen atoms in total. The van der Waals surface area contributed by atoms with E-state index < -0.39 is 13.0 Å². The lowest BCUT2D eigenvalue weighted by atomic mass is 10.1. The Morgan fingerprint density at radius 3 is 2.50 bits per heavy atom. The van der Waals surface area contributed by atoms with Gasteiger partial charge in [-0.2, -0.15) is 0 Å². The highest BCUT2D eigenvalue weighted by Gasteiger charge is 2.02. The highest BCUT2D eigenvalue weighted by atomic mass is 19.3. The van der Waals surface area contributed by atoms with Crippen molar-refractivity contribution < 1.29 is 13.5 Å². The van der Waals surface area contributed by atoms with E-state index in [0.29, 0.717) is 5.76 Å². The molecule has 1 unspecified atom stereocenters. The largest absolute Gasteiger partial charge is 0.488 e. The molecule has 0 saturated carbocycles. The van der Waals surface area contributed by atoms with Crippen molar-refractivity contribution in [1.29, 1.82) is 0 Å². The summed E-state index contributed by atoms with van der Waals surface area (Å²) in [4.78, 5) is 0. The fourth-order valence-electron chi connectivity index (χ4n) is 1.13. The summed E-state index contributed by atoms with van der Waals surface area (Å²) in [5.74, 6) is 0.337. The van der Waals surface area contributed by atoms with E-state index >= 15 is 0 Å². The molecule has 0 saturated heterocycles. The fourth-order valence-corrected chi connectivity index (χ4v) is 1.13. The molecule has 0 aliphatic carbocycles. The van der Waals surface area contributed by atoms with Crippen molar-refractivity contribution in [2.45, 2.75) is 32.7 Å². The molecule has 0 radical (unpaired) electrons. The van der Waals surface area contributed by atoms with Crippen molar-refractivity contribution in [2.24, 2.45) is 5.73 Å². The van der Waals surface area contributed by atoms with Gasteiger partial charge < -0.3 is 10.5 Å². The second-order valence-corrected chi connectivity index (χ2v) is 3.67. The lowest BCUT2D eigenvalue weighted by Crippen LogP contribution is -2.14. The maximum atomic E-state index is 11.9. The van der Waals surface area contributed by atoms with Crippen LogP contribution in [0, 0.1) is 0 Å². The second-order valence-electron chi connectivity index (χ2n) is 3.67. The summed E-state index contributed by atoms with van der Waals surface area (Å²) in [6.45, 7) is 6.70. The van der Waals surface area contributed by atoms with Gasteiger partial charge in [-0.25, -0.2) is 8.78 Å². The van der Waals surface area contributed by atoms with Crippen LogP contribution in [0.25, 0.3) is 0 Å². The Balaban J connectivity index is 4.29. The van der Waals surface area contributed by atoms with E-state index in [4.69, 9.17) is 10.5 Å². The van der Waals surface area contributed by atoms with Crippen LogP contribution in [0.4, 0.5) is 8.78 Å². The zero-order valence-electron chi connectivity index (χ0n) is 9.75. The standard InChI is InChI=1S/C12H19F2NO/c1-4-11(16-8-12(13)14)6-5-9(2)7-10(3)15/h4-6,10,12H,1,7-8,15H2,2-3H3/b9-5-,11-6+. The molecule has 0 rings (SSSR count). The van der Waals surface area contributed by atoms with Gasteiger partial charge >= 0.3 is 0 Å². The number of nitrogens with two attached hydrogens (primary N) is 1. The molecular weight excluding hydrogens is 212 g/mol. The summed E-state index contributed by atoms with van der Waals surface area (Å²) < 4.78 is 28.6. The monoisotopic (exact) mass is 231 g/mol. The molecule has 0 bridgehead atoms. The molecular formula is C12H19F2NO. The lowest BCUT2D eigenvalue weighted by molar-refractivity contribution is 0.0526. The summed E-state index contributed by atoms with van der Waals surface area (Å²) >= 11 is 0. The average Bonchev–Trinajstić information content (AvgIpc) is 2.16. The van der Waals surface area contributed by atoms with Crippen molar-refractivity contribution in [3.05, 3.63) is 36.1 Å². The van der Waals surface area contributed by atoms with Crippen LogP contribution in [-0.4, -0.2) is 19.1 Å². The molecule has 0 fully saturated rings. The van der Waals surface area contributed by atoms with E-state index in [0.717, 1.165) is 12.0 Å². The first-order chi connectivity index (χ1) is 7.45. The minimum atomic E-state index is -2.47. The maximum Gasteiger partial charge on any atom is 0.272 e. The SMILES string of the molecule is C=C/C(=C\C=C(\C)CC(C)N)OCC(F)F. The smallest absolute Gasteiger partial charge is 0.272 e. The van der Waals surface area contributed by atoms with Gasteiger partial charge in [0.25, 0.3) is 6.43 Å². The van der Waals surface area contributed by atoms with E-state index in [9.17, 15) is 8.78 Å². The van der Waals surface area contributed by atoms with Gasteiger partial charge in [-0.1, -0.05) is 18.2 Å². The number of rotatable bonds is 7. The van der Waals surface area contributed by atoms with Gasteiger partial charge in [-0.15, -0.1) is 0 Å². The predicted molar refractivity (Wildman–Crippen MR) is 62.3 cm³/mol. The summed E-state index contributed by atoms with van der Waals surface area (Å²) in [5.41, 5.74) is 6.68. The molecule has 0 aromatic carbocycles.